The summed E-state index contributed by atoms with van der Waals surface area (Å²) in [6, 6.07) is 7.92. The number of rotatable bonds is 11. The molecule has 1 fully saturated rings. The number of nitrogens with two attached hydrogens (primary N) is 1. The molecule has 31 heteroatoms. The zero-order valence-electron chi connectivity index (χ0n) is 47.0. The predicted molar refractivity (Wildman–Crippen MR) is 327 cm³/mol. The Hall–Kier alpha value is -8.17. The topological polar surface area (TPSA) is 350 Å². The number of hydrogen-bond donors (Lipinski definition) is 7. The first kappa shape index (κ1) is 60.5. The minimum Gasteiger partial charge on any atom is -0.473 e. The van der Waals surface area contributed by atoms with E-state index in [1.54, 1.807) is 70.9 Å². The third-order valence-electron chi connectivity index (χ3n) is 14.3. The number of aryl methyl sites for hydroxylation is 1. The number of likely N-dealkylation sites (tertiary alicyclic amines) is 1. The first-order chi connectivity index (χ1) is 41.9. The standard InChI is InChI=1S/C56H55N15O10S6/c1-24(2)39-55-70-42(36(87-55)19-80-5)47(77)59-17-38(73)67-43(44(74)26-10-7-6-8-11-26)54-66-34(23-85-54)52-63-31(20-83-52)41-27(50-64-32(21-82-50)46(76)61-29(16-37(72)58-4)53-69-40(25(3)86-53)48(78)68-39)13-14-28(60-41)51-65-33(22-84-51)49-62-30(18-81-49)56(79)71-15-9-12-35(71)45(57)75/h6-8,10-11,13-14,20-24,29-30,35,39,43-44,74H,9,12,15-19H2,1-5H3,(H2,57,75)(H,58,72)(H,59,77)(H,61,76)(H,67,73)(H,68,78)/t29-,30-,35+,39-,43-,44-/m0/s1. The normalized spacial score (nSPS) is 19.6. The van der Waals surface area contributed by atoms with E-state index in [9.17, 15) is 38.7 Å². The number of nitrogens with one attached hydrogen (secondary N) is 5. The molecular weight excluding hydrogens is 1240 g/mol. The molecule has 87 heavy (non-hydrogen) atoms. The van der Waals surface area contributed by atoms with Gasteiger partial charge in [0.25, 0.3) is 23.6 Å². The molecule has 10 heterocycles. The number of methoxy groups -OCH3 is 1. The van der Waals surface area contributed by atoms with E-state index in [2.05, 4.69) is 31.6 Å². The zero-order chi connectivity index (χ0) is 61.2. The summed E-state index contributed by atoms with van der Waals surface area (Å²) in [7, 11) is 2.94. The highest BCUT2D eigenvalue weighted by atomic mass is 32.1. The fourth-order valence-corrected chi connectivity index (χ4v) is 15.4. The highest BCUT2D eigenvalue weighted by Crippen LogP contribution is 2.40. The van der Waals surface area contributed by atoms with Gasteiger partial charge >= 0.3 is 0 Å². The van der Waals surface area contributed by atoms with Crippen molar-refractivity contribution in [2.75, 3.05) is 33.9 Å². The van der Waals surface area contributed by atoms with E-state index in [0.717, 1.165) is 11.3 Å². The van der Waals surface area contributed by atoms with Gasteiger partial charge in [-0.3, -0.25) is 33.6 Å². The van der Waals surface area contributed by atoms with E-state index < -0.39 is 78.3 Å². The number of carbonyl (C=O) groups is 7. The number of benzene rings is 1. The van der Waals surface area contributed by atoms with Crippen molar-refractivity contribution in [1.29, 1.82) is 0 Å². The fraction of sp³-hybridized carbons (Fsp3) is 0.339. The molecular formula is C56H55N15O10S6. The predicted octanol–water partition coefficient (Wildman–Crippen LogP) is 5.93. The largest absolute Gasteiger partial charge is 0.473 e. The van der Waals surface area contributed by atoms with Crippen molar-refractivity contribution in [2.45, 2.75) is 83.0 Å². The van der Waals surface area contributed by atoms with Crippen molar-refractivity contribution in [3.63, 3.8) is 0 Å². The molecule has 1 saturated heterocycles. The van der Waals surface area contributed by atoms with E-state index in [-0.39, 0.29) is 59.4 Å². The van der Waals surface area contributed by atoms with Crippen molar-refractivity contribution >= 4 is 115 Å². The van der Waals surface area contributed by atoms with Gasteiger partial charge in [0.2, 0.25) is 23.6 Å². The first-order valence-corrected chi connectivity index (χ1v) is 32.3. The Kier molecular flexibility index (Phi) is 18.1. The van der Waals surface area contributed by atoms with Gasteiger partial charge in [0, 0.05) is 52.7 Å². The summed E-state index contributed by atoms with van der Waals surface area (Å²) < 4.78 is 11.4. The summed E-state index contributed by atoms with van der Waals surface area (Å²) in [6.07, 6.45) is -0.374. The van der Waals surface area contributed by atoms with Crippen molar-refractivity contribution in [3.05, 3.63) is 117 Å². The van der Waals surface area contributed by atoms with Crippen LogP contribution in [-0.2, 0) is 35.3 Å². The number of aliphatic imine (C=N–C) groups is 1. The smallest absolute Gasteiger partial charge is 0.271 e. The number of thiazole rings is 6. The first-order valence-electron chi connectivity index (χ1n) is 27.2. The average Bonchev–Trinajstić information content (AvgIpc) is 2.59. The third-order valence-corrected chi connectivity index (χ3v) is 20.0. The number of carbonyl (C=O) groups excluding carboxylic acids is 7. The number of aromatic nitrogens is 7. The second kappa shape index (κ2) is 26.0. The van der Waals surface area contributed by atoms with Gasteiger partial charge in [-0.15, -0.1) is 68.0 Å². The summed E-state index contributed by atoms with van der Waals surface area (Å²) in [4.78, 5) is 136. The second-order valence-electron chi connectivity index (χ2n) is 20.5. The Morgan fingerprint density at radius 1 is 0.759 bits per heavy atom. The molecule has 0 spiro atoms. The number of fused-ring (bicyclic) bond motifs is 14. The van der Waals surface area contributed by atoms with Crippen LogP contribution in [0.15, 0.2) is 69.0 Å². The summed E-state index contributed by atoms with van der Waals surface area (Å²) >= 11 is 7.20. The van der Waals surface area contributed by atoms with Crippen molar-refractivity contribution in [2.24, 2.45) is 16.6 Å². The highest BCUT2D eigenvalue weighted by molar-refractivity contribution is 7.15. The van der Waals surface area contributed by atoms with Crippen molar-refractivity contribution < 1.29 is 48.1 Å². The molecule has 3 aliphatic rings. The number of primary amides is 1. The van der Waals surface area contributed by atoms with Crippen LogP contribution in [0, 0.1) is 12.8 Å². The van der Waals surface area contributed by atoms with Crippen LogP contribution in [0.4, 0.5) is 0 Å². The van der Waals surface area contributed by atoms with E-state index >= 15 is 0 Å². The minimum atomic E-state index is -1.28. The Morgan fingerprint density at radius 3 is 2.23 bits per heavy atom. The lowest BCUT2D eigenvalue weighted by atomic mass is 10.0. The molecule has 3 aliphatic heterocycles. The van der Waals surface area contributed by atoms with E-state index in [4.69, 9.17) is 50.1 Å². The van der Waals surface area contributed by atoms with Crippen LogP contribution in [-0.4, -0.2) is 138 Å². The van der Waals surface area contributed by atoms with Gasteiger partial charge in [-0.1, -0.05) is 44.2 Å². The molecule has 8 N–H and O–H groups in total. The molecule has 10 bridgehead atoms. The fourth-order valence-electron chi connectivity index (χ4n) is 9.84. The maximum atomic E-state index is 14.4. The van der Waals surface area contributed by atoms with Crippen LogP contribution in [0.1, 0.15) is 125 Å². The number of amides is 7. The molecule has 0 unspecified atom stereocenters. The number of aliphatic hydroxyl groups excluding tert-OH is 1. The Bertz CT molecular complexity index is 3980. The Balaban J connectivity index is 0.970. The molecule has 0 radical (unpaired) electrons. The van der Waals surface area contributed by atoms with Crippen molar-refractivity contribution in [1.82, 2.24) is 66.4 Å². The lowest BCUT2D eigenvalue weighted by Crippen LogP contribution is -2.47. The van der Waals surface area contributed by atoms with E-state index in [1.807, 2.05) is 13.8 Å². The highest BCUT2D eigenvalue weighted by Gasteiger charge is 2.39. The molecule has 0 aliphatic carbocycles. The molecule has 25 nitrogen and oxygen atoms in total. The van der Waals surface area contributed by atoms with Crippen LogP contribution in [0.25, 0.3) is 43.4 Å². The average molecular weight is 1290 g/mol. The Morgan fingerprint density at radius 2 is 1.47 bits per heavy atom. The van der Waals surface area contributed by atoms with Gasteiger partial charge in [-0.2, -0.15) is 0 Å². The number of pyridine rings is 1. The van der Waals surface area contributed by atoms with E-state index in [0.29, 0.717) is 93.8 Å². The van der Waals surface area contributed by atoms with Crippen LogP contribution in [0.3, 0.4) is 0 Å². The van der Waals surface area contributed by atoms with Crippen LogP contribution < -0.4 is 32.3 Å². The summed E-state index contributed by atoms with van der Waals surface area (Å²) in [6.45, 7) is 5.31. The second-order valence-corrected chi connectivity index (χ2v) is 26.3. The molecule has 7 aromatic heterocycles. The minimum absolute atomic E-state index is 0.00115. The maximum absolute atomic E-state index is 14.4. The number of ether oxygens (including phenoxy) is 2. The molecule has 450 valence electrons. The summed E-state index contributed by atoms with van der Waals surface area (Å²) in [5.41, 5.74) is 8.65. The maximum Gasteiger partial charge on any atom is 0.271 e. The van der Waals surface area contributed by atoms with Gasteiger partial charge < -0.3 is 51.8 Å². The van der Waals surface area contributed by atoms with Gasteiger partial charge in [0.05, 0.1) is 42.2 Å². The van der Waals surface area contributed by atoms with Gasteiger partial charge in [-0.25, -0.2) is 39.9 Å². The van der Waals surface area contributed by atoms with E-state index in [1.165, 1.54) is 75.7 Å². The number of nitrogens with zero attached hydrogens (tertiary/aromatic N) is 9. The number of hydrogen-bond acceptors (Lipinski definition) is 24. The quantitative estimate of drug-likeness (QED) is 0.0788. The lowest BCUT2D eigenvalue weighted by molar-refractivity contribution is -0.138. The van der Waals surface area contributed by atoms with Crippen molar-refractivity contribution in [3.8, 4) is 43.4 Å². The van der Waals surface area contributed by atoms with Crippen LogP contribution in [0.5, 0.6) is 0 Å². The molecule has 8 aromatic rings. The molecule has 7 amide bonds. The molecule has 0 saturated carbocycles. The third kappa shape index (κ3) is 13.0. The summed E-state index contributed by atoms with van der Waals surface area (Å²) in [5.74, 6) is -3.91. The molecule has 6 atom stereocenters. The molecule has 1 aromatic carbocycles. The molecule has 11 rings (SSSR count). The lowest BCUT2D eigenvalue weighted by Gasteiger charge is -2.23. The zero-order valence-corrected chi connectivity index (χ0v) is 51.9. The van der Waals surface area contributed by atoms with Crippen LogP contribution in [0.2, 0.25) is 0 Å². The summed E-state index contributed by atoms with van der Waals surface area (Å²) in [5, 5.41) is 35.3. The SMILES string of the molecule is CNC(=O)C[C@@H]1NC(=O)c2csc(n2)-c2ccc(-c3nc(C4=N[C@H](C(=O)N5CCC[C@@H]5C(N)=O)CO4)cs3)nc2-c2csc(n2)-c2csc(n2)[C@H]([C@@H](O)c2ccccc2)NC(=O)CNC(=O)c2nc(sc2COC)[C@H](C(C)C)NC(=O)c2nc1sc2C. The van der Waals surface area contributed by atoms with Gasteiger partial charge in [0.15, 0.2) is 6.04 Å². The number of aliphatic hydroxyl groups is 1. The monoisotopic (exact) mass is 1290 g/mol. The van der Waals surface area contributed by atoms with Gasteiger partial charge in [0.1, 0.15) is 94.7 Å². The van der Waals surface area contributed by atoms with Crippen LogP contribution >= 0.6 is 68.0 Å². The Labute approximate surface area is 520 Å². The van der Waals surface area contributed by atoms with Gasteiger partial charge in [-0.05, 0) is 43.4 Å².